The van der Waals surface area contributed by atoms with Crippen LogP contribution in [-0.2, 0) is 9.59 Å². The van der Waals surface area contributed by atoms with Crippen molar-refractivity contribution in [1.29, 1.82) is 0 Å². The SMILES string of the molecule is Cc1ccccc1C(C)C(=O)NC1(CNC(=O)C(F)c2ccc(F)cc2)CCC1. The van der Waals surface area contributed by atoms with Gasteiger partial charge in [-0.2, -0.15) is 0 Å². The van der Waals surface area contributed by atoms with Crippen molar-refractivity contribution in [3.05, 3.63) is 71.0 Å². The standard InChI is InChI=1S/C23H26F2N2O2/c1-15-6-3-4-7-19(15)16(2)21(28)27-23(12-5-13-23)14-26-22(29)20(25)17-8-10-18(24)11-9-17/h3-4,6-11,16,20H,5,12-14H2,1-2H3,(H,26,29)(H,27,28). The molecule has 3 rings (SSSR count). The number of hydrogen-bond donors (Lipinski definition) is 2. The number of hydrogen-bond acceptors (Lipinski definition) is 2. The van der Waals surface area contributed by atoms with E-state index in [2.05, 4.69) is 10.6 Å². The zero-order valence-corrected chi connectivity index (χ0v) is 16.7. The number of amides is 2. The first kappa shape index (κ1) is 21.0. The van der Waals surface area contributed by atoms with Crippen LogP contribution < -0.4 is 10.6 Å². The minimum atomic E-state index is -1.88. The molecule has 0 spiro atoms. The van der Waals surface area contributed by atoms with Gasteiger partial charge in [0.05, 0.1) is 11.5 Å². The minimum Gasteiger partial charge on any atom is -0.351 e. The van der Waals surface area contributed by atoms with Crippen LogP contribution in [0.1, 0.15) is 55.0 Å². The van der Waals surface area contributed by atoms with Gasteiger partial charge in [0, 0.05) is 6.54 Å². The summed E-state index contributed by atoms with van der Waals surface area (Å²) in [6, 6.07) is 12.5. The van der Waals surface area contributed by atoms with Crippen LogP contribution in [0.5, 0.6) is 0 Å². The molecule has 4 nitrogen and oxygen atoms in total. The van der Waals surface area contributed by atoms with Gasteiger partial charge in [0.1, 0.15) is 5.82 Å². The van der Waals surface area contributed by atoms with Gasteiger partial charge < -0.3 is 10.6 Å². The van der Waals surface area contributed by atoms with Gasteiger partial charge in [0.2, 0.25) is 12.1 Å². The molecule has 0 radical (unpaired) electrons. The number of carbonyl (C=O) groups excluding carboxylic acids is 2. The van der Waals surface area contributed by atoms with Gasteiger partial charge in [-0.25, -0.2) is 8.78 Å². The third-order valence-electron chi connectivity index (χ3n) is 5.74. The molecule has 0 aromatic heterocycles. The van der Waals surface area contributed by atoms with Crippen molar-refractivity contribution in [2.75, 3.05) is 6.54 Å². The fourth-order valence-electron chi connectivity index (χ4n) is 3.66. The second kappa shape index (κ2) is 8.72. The molecular formula is C23H26F2N2O2. The molecule has 2 N–H and O–H groups in total. The smallest absolute Gasteiger partial charge is 0.259 e. The lowest BCUT2D eigenvalue weighted by molar-refractivity contribution is -0.129. The molecule has 0 heterocycles. The largest absolute Gasteiger partial charge is 0.351 e. The van der Waals surface area contributed by atoms with Crippen LogP contribution >= 0.6 is 0 Å². The molecule has 0 aliphatic heterocycles. The van der Waals surface area contributed by atoms with Crippen LogP contribution in [0.25, 0.3) is 0 Å². The molecule has 1 fully saturated rings. The highest BCUT2D eigenvalue weighted by Crippen LogP contribution is 2.33. The number of carbonyl (C=O) groups is 2. The van der Waals surface area contributed by atoms with Crippen molar-refractivity contribution < 1.29 is 18.4 Å². The van der Waals surface area contributed by atoms with Gasteiger partial charge in [-0.15, -0.1) is 0 Å². The maximum Gasteiger partial charge on any atom is 0.259 e. The minimum absolute atomic E-state index is 0.101. The maximum atomic E-state index is 14.4. The van der Waals surface area contributed by atoms with E-state index in [4.69, 9.17) is 0 Å². The Balaban J connectivity index is 1.60. The third kappa shape index (κ3) is 4.81. The molecule has 2 aromatic carbocycles. The normalized spacial score (nSPS) is 17.0. The Kier molecular flexibility index (Phi) is 6.30. The fraction of sp³-hybridized carbons (Fsp3) is 0.391. The van der Waals surface area contributed by atoms with Crippen LogP contribution in [0.2, 0.25) is 0 Å². The van der Waals surface area contributed by atoms with Gasteiger partial charge in [-0.05, 0) is 61.9 Å². The molecule has 1 saturated carbocycles. The van der Waals surface area contributed by atoms with Gasteiger partial charge in [0.25, 0.3) is 5.91 Å². The molecule has 29 heavy (non-hydrogen) atoms. The van der Waals surface area contributed by atoms with Crippen LogP contribution in [0.4, 0.5) is 8.78 Å². The summed E-state index contributed by atoms with van der Waals surface area (Å²) in [5, 5.41) is 5.68. The molecule has 1 aliphatic rings. The summed E-state index contributed by atoms with van der Waals surface area (Å²) in [7, 11) is 0. The van der Waals surface area contributed by atoms with E-state index in [0.29, 0.717) is 0 Å². The fourth-order valence-corrected chi connectivity index (χ4v) is 3.66. The molecule has 2 amide bonds. The summed E-state index contributed by atoms with van der Waals surface area (Å²) in [4.78, 5) is 25.0. The van der Waals surface area contributed by atoms with E-state index in [0.717, 1.165) is 42.5 Å². The van der Waals surface area contributed by atoms with Crippen LogP contribution in [0, 0.1) is 12.7 Å². The predicted molar refractivity (Wildman–Crippen MR) is 108 cm³/mol. The Morgan fingerprint density at radius 1 is 1.07 bits per heavy atom. The van der Waals surface area contributed by atoms with E-state index in [1.165, 1.54) is 12.1 Å². The van der Waals surface area contributed by atoms with Gasteiger partial charge in [-0.1, -0.05) is 36.4 Å². The number of alkyl halides is 1. The van der Waals surface area contributed by atoms with E-state index in [9.17, 15) is 18.4 Å². The van der Waals surface area contributed by atoms with E-state index in [1.807, 2.05) is 38.1 Å². The summed E-state index contributed by atoms with van der Waals surface area (Å²) in [6.45, 7) is 3.99. The van der Waals surface area contributed by atoms with Crippen molar-refractivity contribution >= 4 is 11.8 Å². The molecule has 0 saturated heterocycles. The van der Waals surface area contributed by atoms with Gasteiger partial charge >= 0.3 is 0 Å². The lowest BCUT2D eigenvalue weighted by Crippen LogP contribution is -2.60. The quantitative estimate of drug-likeness (QED) is 0.735. The van der Waals surface area contributed by atoms with Crippen molar-refractivity contribution in [3.63, 3.8) is 0 Å². The summed E-state index contributed by atoms with van der Waals surface area (Å²) < 4.78 is 27.4. The third-order valence-corrected chi connectivity index (χ3v) is 5.74. The Morgan fingerprint density at radius 2 is 1.72 bits per heavy atom. The first-order chi connectivity index (χ1) is 13.8. The summed E-state index contributed by atoms with van der Waals surface area (Å²) >= 11 is 0. The average molecular weight is 400 g/mol. The highest BCUT2D eigenvalue weighted by molar-refractivity contribution is 5.85. The van der Waals surface area contributed by atoms with Crippen molar-refractivity contribution in [2.24, 2.45) is 0 Å². The van der Waals surface area contributed by atoms with Crippen molar-refractivity contribution in [1.82, 2.24) is 10.6 Å². The van der Waals surface area contributed by atoms with Crippen LogP contribution in [-0.4, -0.2) is 23.9 Å². The molecular weight excluding hydrogens is 374 g/mol. The Labute approximate surface area is 169 Å². The van der Waals surface area contributed by atoms with Gasteiger partial charge in [0.15, 0.2) is 0 Å². The predicted octanol–water partition coefficient (Wildman–Crippen LogP) is 4.10. The number of aryl methyl sites for hydroxylation is 1. The van der Waals surface area contributed by atoms with Gasteiger partial charge in [-0.3, -0.25) is 9.59 Å². The zero-order valence-electron chi connectivity index (χ0n) is 16.7. The molecule has 154 valence electrons. The zero-order chi connectivity index (χ0) is 21.0. The lowest BCUT2D eigenvalue weighted by atomic mass is 9.76. The van der Waals surface area contributed by atoms with Crippen LogP contribution in [0.15, 0.2) is 48.5 Å². The Morgan fingerprint density at radius 3 is 2.31 bits per heavy atom. The Bertz CT molecular complexity index is 879. The molecule has 2 aromatic rings. The van der Waals surface area contributed by atoms with Crippen molar-refractivity contribution in [2.45, 2.75) is 50.7 Å². The number of benzene rings is 2. The van der Waals surface area contributed by atoms with Crippen LogP contribution in [0.3, 0.4) is 0 Å². The number of halogens is 2. The van der Waals surface area contributed by atoms with E-state index >= 15 is 0 Å². The molecule has 2 unspecified atom stereocenters. The monoisotopic (exact) mass is 400 g/mol. The molecule has 6 heteroatoms. The molecule has 2 atom stereocenters. The number of rotatable bonds is 7. The summed E-state index contributed by atoms with van der Waals surface area (Å²) in [5.74, 6) is -1.70. The molecule has 1 aliphatic carbocycles. The lowest BCUT2D eigenvalue weighted by Gasteiger charge is -2.43. The van der Waals surface area contributed by atoms with E-state index < -0.39 is 23.4 Å². The van der Waals surface area contributed by atoms with Crippen molar-refractivity contribution in [3.8, 4) is 0 Å². The average Bonchev–Trinajstić information content (AvgIpc) is 2.69. The van der Waals surface area contributed by atoms with E-state index in [1.54, 1.807) is 0 Å². The summed E-state index contributed by atoms with van der Waals surface area (Å²) in [6.07, 6.45) is 0.515. The summed E-state index contributed by atoms with van der Waals surface area (Å²) in [5.41, 5.74) is 1.56. The highest BCUT2D eigenvalue weighted by atomic mass is 19.1. The van der Waals surface area contributed by atoms with E-state index in [-0.39, 0.29) is 23.9 Å². The second-order valence-corrected chi connectivity index (χ2v) is 7.83. The first-order valence-electron chi connectivity index (χ1n) is 9.86. The number of nitrogens with one attached hydrogen (secondary N) is 2. The topological polar surface area (TPSA) is 58.2 Å². The highest BCUT2D eigenvalue weighted by Gasteiger charge is 2.40. The second-order valence-electron chi connectivity index (χ2n) is 7.83. The first-order valence-corrected chi connectivity index (χ1v) is 9.86. The molecule has 0 bridgehead atoms. The Hall–Kier alpha value is -2.76. The maximum absolute atomic E-state index is 14.4.